The van der Waals surface area contributed by atoms with Gasteiger partial charge in [0, 0.05) is 43.5 Å². The SMILES string of the molecule is Cc1ncc2c(n1)CCN(Cc1ccccc1)C2. The molecular weight excluding hydrogens is 222 g/mol. The number of nitrogens with zero attached hydrogens (tertiary/aromatic N) is 3. The number of hydrogen-bond acceptors (Lipinski definition) is 3. The maximum atomic E-state index is 4.52. The van der Waals surface area contributed by atoms with Gasteiger partial charge in [-0.05, 0) is 12.5 Å². The van der Waals surface area contributed by atoms with Gasteiger partial charge in [0.25, 0.3) is 0 Å². The standard InChI is InChI=1S/C15H17N3/c1-12-16-9-14-11-18(8-7-15(14)17-12)10-13-5-3-2-4-6-13/h2-6,9H,7-8,10-11H2,1H3. The van der Waals surface area contributed by atoms with Crippen LogP contribution in [-0.2, 0) is 19.5 Å². The summed E-state index contributed by atoms with van der Waals surface area (Å²) in [6.07, 6.45) is 3.01. The molecule has 2 aromatic rings. The molecule has 3 nitrogen and oxygen atoms in total. The largest absolute Gasteiger partial charge is 0.294 e. The molecule has 18 heavy (non-hydrogen) atoms. The van der Waals surface area contributed by atoms with Crippen LogP contribution in [0.4, 0.5) is 0 Å². The van der Waals surface area contributed by atoms with Crippen molar-refractivity contribution in [2.45, 2.75) is 26.4 Å². The fraction of sp³-hybridized carbons (Fsp3) is 0.333. The summed E-state index contributed by atoms with van der Waals surface area (Å²) in [5, 5.41) is 0. The highest BCUT2D eigenvalue weighted by Crippen LogP contribution is 2.18. The Morgan fingerprint density at radius 2 is 2.06 bits per heavy atom. The minimum Gasteiger partial charge on any atom is -0.294 e. The third kappa shape index (κ3) is 2.41. The maximum absolute atomic E-state index is 4.52. The molecule has 0 atom stereocenters. The van der Waals surface area contributed by atoms with E-state index < -0.39 is 0 Å². The van der Waals surface area contributed by atoms with Crippen LogP contribution in [0.5, 0.6) is 0 Å². The fourth-order valence-electron chi connectivity index (χ4n) is 2.45. The Balaban J connectivity index is 1.73. The van der Waals surface area contributed by atoms with Gasteiger partial charge in [0.1, 0.15) is 5.82 Å². The van der Waals surface area contributed by atoms with E-state index in [4.69, 9.17) is 0 Å². The van der Waals surface area contributed by atoms with Gasteiger partial charge < -0.3 is 0 Å². The second kappa shape index (κ2) is 4.86. The molecule has 0 unspecified atom stereocenters. The van der Waals surface area contributed by atoms with Gasteiger partial charge in [0.05, 0.1) is 0 Å². The molecule has 0 spiro atoms. The number of rotatable bonds is 2. The molecule has 1 aliphatic rings. The zero-order valence-corrected chi connectivity index (χ0v) is 10.6. The average Bonchev–Trinajstić information content (AvgIpc) is 2.40. The highest BCUT2D eigenvalue weighted by atomic mass is 15.1. The average molecular weight is 239 g/mol. The summed E-state index contributed by atoms with van der Waals surface area (Å²) < 4.78 is 0. The summed E-state index contributed by atoms with van der Waals surface area (Å²) in [5.74, 6) is 0.880. The van der Waals surface area contributed by atoms with Gasteiger partial charge in [-0.1, -0.05) is 30.3 Å². The van der Waals surface area contributed by atoms with Crippen LogP contribution in [0.15, 0.2) is 36.5 Å². The summed E-state index contributed by atoms with van der Waals surface area (Å²) in [4.78, 5) is 11.3. The Morgan fingerprint density at radius 3 is 2.89 bits per heavy atom. The van der Waals surface area contributed by atoms with Crippen LogP contribution in [0.25, 0.3) is 0 Å². The van der Waals surface area contributed by atoms with Crippen LogP contribution in [0, 0.1) is 6.92 Å². The van der Waals surface area contributed by atoms with Crippen molar-refractivity contribution >= 4 is 0 Å². The Morgan fingerprint density at radius 1 is 1.22 bits per heavy atom. The van der Waals surface area contributed by atoms with E-state index in [2.05, 4.69) is 45.2 Å². The summed E-state index contributed by atoms with van der Waals surface area (Å²) in [7, 11) is 0. The molecule has 1 aromatic carbocycles. The minimum absolute atomic E-state index is 0.880. The molecule has 1 aromatic heterocycles. The van der Waals surface area contributed by atoms with Crippen molar-refractivity contribution in [3.63, 3.8) is 0 Å². The Hall–Kier alpha value is -1.74. The third-order valence-electron chi connectivity index (χ3n) is 3.38. The van der Waals surface area contributed by atoms with Gasteiger partial charge in [0.15, 0.2) is 0 Å². The first kappa shape index (κ1) is 11.4. The van der Waals surface area contributed by atoms with Crippen LogP contribution < -0.4 is 0 Å². The Labute approximate surface area is 108 Å². The summed E-state index contributed by atoms with van der Waals surface area (Å²) >= 11 is 0. The fourth-order valence-corrected chi connectivity index (χ4v) is 2.45. The van der Waals surface area contributed by atoms with E-state index in [9.17, 15) is 0 Å². The van der Waals surface area contributed by atoms with E-state index in [1.54, 1.807) is 0 Å². The lowest BCUT2D eigenvalue weighted by molar-refractivity contribution is 0.242. The highest BCUT2D eigenvalue weighted by Gasteiger charge is 2.17. The lowest BCUT2D eigenvalue weighted by atomic mass is 10.1. The molecule has 0 bridgehead atoms. The molecule has 0 fully saturated rings. The second-order valence-corrected chi connectivity index (χ2v) is 4.84. The Bertz CT molecular complexity index is 537. The molecular formula is C15H17N3. The zero-order valence-electron chi connectivity index (χ0n) is 10.6. The number of hydrogen-bond donors (Lipinski definition) is 0. The Kier molecular flexibility index (Phi) is 3.07. The van der Waals surface area contributed by atoms with Crippen molar-refractivity contribution in [3.8, 4) is 0 Å². The topological polar surface area (TPSA) is 29.0 Å². The van der Waals surface area contributed by atoms with E-state index in [0.717, 1.165) is 31.9 Å². The first-order valence-electron chi connectivity index (χ1n) is 6.39. The van der Waals surface area contributed by atoms with Gasteiger partial charge in [-0.2, -0.15) is 0 Å². The van der Waals surface area contributed by atoms with E-state index in [1.165, 1.54) is 16.8 Å². The van der Waals surface area contributed by atoms with Gasteiger partial charge in [0.2, 0.25) is 0 Å². The van der Waals surface area contributed by atoms with Crippen molar-refractivity contribution in [2.24, 2.45) is 0 Å². The smallest absolute Gasteiger partial charge is 0.125 e. The molecule has 0 amide bonds. The number of aromatic nitrogens is 2. The number of fused-ring (bicyclic) bond motifs is 1. The minimum atomic E-state index is 0.880. The predicted molar refractivity (Wildman–Crippen MR) is 71.0 cm³/mol. The first-order valence-corrected chi connectivity index (χ1v) is 6.39. The van der Waals surface area contributed by atoms with Crippen molar-refractivity contribution < 1.29 is 0 Å². The van der Waals surface area contributed by atoms with E-state index in [1.807, 2.05) is 13.1 Å². The van der Waals surface area contributed by atoms with Crippen LogP contribution in [0.2, 0.25) is 0 Å². The molecule has 3 heteroatoms. The van der Waals surface area contributed by atoms with Crippen LogP contribution in [0.3, 0.4) is 0 Å². The van der Waals surface area contributed by atoms with Crippen molar-refractivity contribution in [1.82, 2.24) is 14.9 Å². The van der Waals surface area contributed by atoms with Crippen LogP contribution >= 0.6 is 0 Å². The summed E-state index contributed by atoms with van der Waals surface area (Å²) in [6, 6.07) is 10.6. The van der Waals surface area contributed by atoms with E-state index in [-0.39, 0.29) is 0 Å². The zero-order chi connectivity index (χ0) is 12.4. The van der Waals surface area contributed by atoms with Crippen LogP contribution in [-0.4, -0.2) is 21.4 Å². The maximum Gasteiger partial charge on any atom is 0.125 e. The van der Waals surface area contributed by atoms with Gasteiger partial charge >= 0.3 is 0 Å². The van der Waals surface area contributed by atoms with Gasteiger partial charge in [-0.25, -0.2) is 9.97 Å². The molecule has 0 saturated heterocycles. The van der Waals surface area contributed by atoms with Crippen molar-refractivity contribution in [3.05, 3.63) is 59.2 Å². The summed E-state index contributed by atoms with van der Waals surface area (Å²) in [6.45, 7) is 5.01. The summed E-state index contributed by atoms with van der Waals surface area (Å²) in [5.41, 5.74) is 3.88. The van der Waals surface area contributed by atoms with E-state index in [0.29, 0.717) is 0 Å². The third-order valence-corrected chi connectivity index (χ3v) is 3.38. The number of aryl methyl sites for hydroxylation is 1. The molecule has 92 valence electrons. The normalized spacial score (nSPS) is 15.4. The molecule has 2 heterocycles. The quantitative estimate of drug-likeness (QED) is 0.805. The molecule has 0 N–H and O–H groups in total. The predicted octanol–water partition coefficient (Wildman–Crippen LogP) is 2.34. The van der Waals surface area contributed by atoms with Crippen LogP contribution in [0.1, 0.15) is 22.6 Å². The first-order chi connectivity index (χ1) is 8.81. The molecule has 1 aliphatic heterocycles. The highest BCUT2D eigenvalue weighted by molar-refractivity contribution is 5.21. The molecule has 0 saturated carbocycles. The van der Waals surface area contributed by atoms with Crippen molar-refractivity contribution in [2.75, 3.05) is 6.54 Å². The monoisotopic (exact) mass is 239 g/mol. The van der Waals surface area contributed by atoms with Gasteiger partial charge in [-0.15, -0.1) is 0 Å². The molecule has 0 aliphatic carbocycles. The van der Waals surface area contributed by atoms with Crippen molar-refractivity contribution in [1.29, 1.82) is 0 Å². The molecule has 3 rings (SSSR count). The van der Waals surface area contributed by atoms with E-state index >= 15 is 0 Å². The second-order valence-electron chi connectivity index (χ2n) is 4.84. The number of benzene rings is 1. The molecule has 0 radical (unpaired) electrons. The lowest BCUT2D eigenvalue weighted by Gasteiger charge is -2.27. The lowest BCUT2D eigenvalue weighted by Crippen LogP contribution is -2.31. The van der Waals surface area contributed by atoms with Gasteiger partial charge in [-0.3, -0.25) is 4.90 Å².